The zero-order valence-corrected chi connectivity index (χ0v) is 46.9. The van der Waals surface area contributed by atoms with Gasteiger partial charge in [-0.25, -0.2) is 0 Å². The maximum atomic E-state index is 2.57. The molecule has 15 rings (SSSR count). The lowest BCUT2D eigenvalue weighted by Gasteiger charge is -2.30. The van der Waals surface area contributed by atoms with Gasteiger partial charge in [-0.15, -0.1) is 0 Å². The van der Waals surface area contributed by atoms with Gasteiger partial charge in [-0.05, 0) is 83.9 Å². The van der Waals surface area contributed by atoms with E-state index in [0.29, 0.717) is 0 Å². The van der Waals surface area contributed by atoms with Crippen LogP contribution in [-0.2, 0) is 0 Å². The molecule has 0 saturated heterocycles. The van der Waals surface area contributed by atoms with Crippen LogP contribution < -0.4 is 20.2 Å². The third-order valence-electron chi connectivity index (χ3n) is 16.7. The molecule has 4 aromatic heterocycles. The number of nitrogens with zero attached hydrogens (tertiary/aromatic N) is 4. The third-order valence-corrected chi connectivity index (χ3v) is 20.7. The van der Waals surface area contributed by atoms with E-state index in [1.165, 1.54) is 132 Å². The first-order valence-electron chi connectivity index (χ1n) is 27.4. The molecule has 0 unspecified atom stereocenters. The average Bonchev–Trinajstić information content (AvgIpc) is 4.16. The van der Waals surface area contributed by atoms with Crippen LogP contribution in [0.3, 0.4) is 0 Å². The fourth-order valence-electron chi connectivity index (χ4n) is 12.9. The standard InChI is InChI=1S/C72H58N4Si2/c1-77(2,3)51-35-37-53(47-23-11-7-12-24-47)65(43-51)73(49-27-15-9-16-28-49)63-41-39-55-59-45-68-60(46-67(59)75-61-33-21-19-31-57(61)69(63)71(55)75)56-40-42-64(70-58-32-20-22-34-62(58)76(68)72(56)70)74(50-29-17-10-18-30-50)66-44-52(78(4,5)6)36-38-54(66)48-25-13-8-14-26-48/h7-46H,1-6H3. The molecule has 0 atom stereocenters. The maximum absolute atomic E-state index is 2.57. The second kappa shape index (κ2) is 17.3. The van der Waals surface area contributed by atoms with Crippen LogP contribution in [0.4, 0.5) is 34.1 Å². The highest BCUT2D eigenvalue weighted by Crippen LogP contribution is 2.53. The number of rotatable bonds is 10. The Morgan fingerprint density at radius 3 is 1.03 bits per heavy atom. The molecular weight excluding hydrogens is 977 g/mol. The Bertz CT molecular complexity index is 4490. The molecule has 78 heavy (non-hydrogen) atoms. The Morgan fingerprint density at radius 2 is 0.641 bits per heavy atom. The van der Waals surface area contributed by atoms with Gasteiger partial charge in [0.15, 0.2) is 0 Å². The minimum atomic E-state index is -1.73. The summed E-state index contributed by atoms with van der Waals surface area (Å²) in [7, 11) is -3.47. The van der Waals surface area contributed by atoms with Crippen molar-refractivity contribution in [1.82, 2.24) is 8.80 Å². The van der Waals surface area contributed by atoms with Crippen molar-refractivity contribution in [2.75, 3.05) is 9.80 Å². The average molecular weight is 1040 g/mol. The summed E-state index contributed by atoms with van der Waals surface area (Å²) in [4.78, 5) is 5.09. The quantitative estimate of drug-likeness (QED) is 0.127. The van der Waals surface area contributed by atoms with Crippen LogP contribution in [0.5, 0.6) is 0 Å². The number of fused-ring (bicyclic) bond motifs is 12. The van der Waals surface area contributed by atoms with E-state index in [4.69, 9.17) is 0 Å². The molecule has 0 radical (unpaired) electrons. The highest BCUT2D eigenvalue weighted by Gasteiger charge is 2.31. The Hall–Kier alpha value is -8.95. The molecule has 0 aliphatic carbocycles. The zero-order chi connectivity index (χ0) is 52.6. The van der Waals surface area contributed by atoms with Crippen molar-refractivity contribution in [3.63, 3.8) is 0 Å². The molecular formula is C72H58N4Si2. The Morgan fingerprint density at radius 1 is 0.282 bits per heavy atom. The van der Waals surface area contributed by atoms with Crippen LogP contribution in [0.15, 0.2) is 243 Å². The van der Waals surface area contributed by atoms with Crippen LogP contribution in [0.25, 0.3) is 98.4 Å². The largest absolute Gasteiger partial charge is 0.309 e. The Balaban J connectivity index is 1.02. The smallest absolute Gasteiger partial charge is 0.0776 e. The summed E-state index contributed by atoms with van der Waals surface area (Å²) >= 11 is 0. The van der Waals surface area contributed by atoms with Crippen molar-refractivity contribution >= 4 is 137 Å². The lowest BCUT2D eigenvalue weighted by atomic mass is 9.99. The number of para-hydroxylation sites is 4. The Kier molecular flexibility index (Phi) is 10.3. The van der Waals surface area contributed by atoms with Gasteiger partial charge in [-0.1, -0.05) is 220 Å². The highest BCUT2D eigenvalue weighted by atomic mass is 28.3. The summed E-state index contributed by atoms with van der Waals surface area (Å²) < 4.78 is 5.15. The molecule has 0 aliphatic rings. The van der Waals surface area contributed by atoms with Gasteiger partial charge < -0.3 is 18.6 Å². The van der Waals surface area contributed by atoms with Gasteiger partial charge in [0.1, 0.15) is 0 Å². The number of aromatic nitrogens is 2. The van der Waals surface area contributed by atoms with Crippen molar-refractivity contribution < 1.29 is 0 Å². The van der Waals surface area contributed by atoms with Gasteiger partial charge >= 0.3 is 0 Å². The van der Waals surface area contributed by atoms with Crippen molar-refractivity contribution in [1.29, 1.82) is 0 Å². The topological polar surface area (TPSA) is 15.3 Å². The SMILES string of the molecule is C[Si](C)(C)c1ccc(-c2ccccc2)c(N(c2ccccc2)c2ccc3c4cc5c(cc4n4c6ccccc6c2c34)c2ccc(N(c3ccccc3)c3cc([Si](C)(C)C)ccc3-c3ccccc3)c3c4ccccc4n5c23)c1. The molecule has 0 bridgehead atoms. The van der Waals surface area contributed by atoms with Gasteiger partial charge in [-0.3, -0.25) is 0 Å². The van der Waals surface area contributed by atoms with E-state index in [9.17, 15) is 0 Å². The molecule has 4 heterocycles. The summed E-state index contributed by atoms with van der Waals surface area (Å²) in [6.45, 7) is 14.7. The van der Waals surface area contributed by atoms with E-state index in [-0.39, 0.29) is 0 Å². The first kappa shape index (κ1) is 46.4. The lowest BCUT2D eigenvalue weighted by molar-refractivity contribution is 1.30. The third kappa shape index (κ3) is 6.96. The van der Waals surface area contributed by atoms with Crippen LogP contribution in [-0.4, -0.2) is 24.9 Å². The van der Waals surface area contributed by atoms with Gasteiger partial charge in [0.25, 0.3) is 0 Å². The summed E-state index contributed by atoms with van der Waals surface area (Å²) in [6.07, 6.45) is 0. The van der Waals surface area contributed by atoms with E-state index in [2.05, 4.69) is 301 Å². The van der Waals surface area contributed by atoms with Gasteiger partial charge in [0.05, 0.1) is 72.0 Å². The molecule has 0 fully saturated rings. The molecule has 0 spiro atoms. The molecule has 4 nitrogen and oxygen atoms in total. The molecule has 0 saturated carbocycles. The molecule has 6 heteroatoms. The van der Waals surface area contributed by atoms with Crippen molar-refractivity contribution in [2.24, 2.45) is 0 Å². The van der Waals surface area contributed by atoms with E-state index in [1.807, 2.05) is 0 Å². The van der Waals surface area contributed by atoms with Crippen molar-refractivity contribution in [3.8, 4) is 22.3 Å². The number of hydrogen-bond acceptors (Lipinski definition) is 2. The van der Waals surface area contributed by atoms with Gasteiger partial charge in [0.2, 0.25) is 0 Å². The summed E-state index contributed by atoms with van der Waals surface area (Å²) in [6, 6.07) is 91.1. The first-order chi connectivity index (χ1) is 38.0. The molecule has 0 N–H and O–H groups in total. The second-order valence-electron chi connectivity index (χ2n) is 23.3. The molecule has 0 amide bonds. The fourth-order valence-corrected chi connectivity index (χ4v) is 15.2. The fraction of sp³-hybridized carbons (Fsp3) is 0.0833. The summed E-state index contributed by atoms with van der Waals surface area (Å²) in [5.74, 6) is 0. The van der Waals surface area contributed by atoms with Crippen LogP contribution >= 0.6 is 0 Å². The number of anilines is 6. The molecule has 0 aliphatic heterocycles. The zero-order valence-electron chi connectivity index (χ0n) is 44.9. The van der Waals surface area contributed by atoms with Crippen molar-refractivity contribution in [3.05, 3.63) is 243 Å². The molecule has 15 aromatic rings. The van der Waals surface area contributed by atoms with Gasteiger partial charge in [-0.2, -0.15) is 0 Å². The second-order valence-corrected chi connectivity index (χ2v) is 33.5. The predicted molar refractivity (Wildman–Crippen MR) is 342 cm³/mol. The summed E-state index contributed by atoms with van der Waals surface area (Å²) in [5, 5.41) is 12.9. The van der Waals surface area contributed by atoms with E-state index < -0.39 is 16.1 Å². The van der Waals surface area contributed by atoms with E-state index >= 15 is 0 Å². The minimum absolute atomic E-state index is 1.13. The lowest BCUT2D eigenvalue weighted by Crippen LogP contribution is -2.37. The highest BCUT2D eigenvalue weighted by molar-refractivity contribution is 6.89. The predicted octanol–water partition coefficient (Wildman–Crippen LogP) is 19.4. The van der Waals surface area contributed by atoms with Gasteiger partial charge in [0, 0.05) is 65.6 Å². The molecule has 11 aromatic carbocycles. The van der Waals surface area contributed by atoms with Crippen LogP contribution in [0.1, 0.15) is 0 Å². The minimum Gasteiger partial charge on any atom is -0.309 e. The summed E-state index contributed by atoms with van der Waals surface area (Å²) in [5.41, 5.74) is 19.2. The molecule has 374 valence electrons. The Labute approximate surface area is 457 Å². The first-order valence-corrected chi connectivity index (χ1v) is 34.4. The van der Waals surface area contributed by atoms with Crippen LogP contribution in [0.2, 0.25) is 39.3 Å². The van der Waals surface area contributed by atoms with E-state index in [1.54, 1.807) is 0 Å². The number of benzene rings is 11. The number of hydrogen-bond donors (Lipinski definition) is 0. The maximum Gasteiger partial charge on any atom is 0.0776 e. The van der Waals surface area contributed by atoms with Crippen molar-refractivity contribution in [2.45, 2.75) is 39.3 Å². The normalized spacial score (nSPS) is 12.5. The van der Waals surface area contributed by atoms with Crippen LogP contribution in [0, 0.1) is 0 Å². The van der Waals surface area contributed by atoms with E-state index in [0.717, 1.165) is 11.4 Å². The monoisotopic (exact) mass is 1030 g/mol.